The normalized spacial score (nSPS) is 12.4. The lowest BCUT2D eigenvalue weighted by Crippen LogP contribution is -2.36. The van der Waals surface area contributed by atoms with Crippen molar-refractivity contribution in [3.8, 4) is 0 Å². The molecule has 0 unspecified atom stereocenters. The first-order chi connectivity index (χ1) is 7.39. The molecule has 16 heavy (non-hydrogen) atoms. The molecule has 4 nitrogen and oxygen atoms in total. The van der Waals surface area contributed by atoms with Crippen LogP contribution in [0.1, 0.15) is 20.8 Å². The standard InChI is InChI=1S/C10H15BrN2O2S/c1-4-13(8(2)3)16(14,15)10-5-9(11)6-12-7-10/h5-8H,4H2,1-3H3. The maximum absolute atomic E-state index is 12.2. The lowest BCUT2D eigenvalue weighted by Gasteiger charge is -2.24. The molecule has 0 atom stereocenters. The molecule has 0 aliphatic heterocycles. The number of halogens is 1. The van der Waals surface area contributed by atoms with Crippen molar-refractivity contribution in [1.82, 2.24) is 9.29 Å². The summed E-state index contributed by atoms with van der Waals surface area (Å²) in [5, 5.41) is 0. The minimum atomic E-state index is -3.43. The van der Waals surface area contributed by atoms with Crippen molar-refractivity contribution in [2.45, 2.75) is 31.7 Å². The van der Waals surface area contributed by atoms with Crippen molar-refractivity contribution in [3.63, 3.8) is 0 Å². The predicted octanol–water partition coefficient (Wildman–Crippen LogP) is 2.26. The Kier molecular flexibility index (Phi) is 4.46. The maximum atomic E-state index is 12.2. The Balaban J connectivity index is 3.20. The summed E-state index contributed by atoms with van der Waals surface area (Å²) in [6.45, 7) is 5.98. The van der Waals surface area contributed by atoms with Gasteiger partial charge in [-0.25, -0.2) is 8.42 Å². The van der Waals surface area contributed by atoms with E-state index in [1.807, 2.05) is 20.8 Å². The van der Waals surface area contributed by atoms with Gasteiger partial charge in [0.15, 0.2) is 0 Å². The van der Waals surface area contributed by atoms with Crippen molar-refractivity contribution < 1.29 is 8.42 Å². The van der Waals surface area contributed by atoms with E-state index >= 15 is 0 Å². The van der Waals surface area contributed by atoms with Crippen LogP contribution in [0.4, 0.5) is 0 Å². The molecule has 1 heterocycles. The first-order valence-corrected chi connectivity index (χ1v) is 7.25. The number of rotatable bonds is 4. The number of hydrogen-bond acceptors (Lipinski definition) is 3. The van der Waals surface area contributed by atoms with Gasteiger partial charge in [0, 0.05) is 29.5 Å². The van der Waals surface area contributed by atoms with E-state index in [-0.39, 0.29) is 10.9 Å². The average molecular weight is 307 g/mol. The van der Waals surface area contributed by atoms with Crippen LogP contribution < -0.4 is 0 Å². The fourth-order valence-electron chi connectivity index (χ4n) is 1.48. The van der Waals surface area contributed by atoms with E-state index in [1.165, 1.54) is 10.5 Å². The number of pyridine rings is 1. The molecule has 0 fully saturated rings. The Bertz CT molecular complexity index is 460. The predicted molar refractivity (Wildman–Crippen MR) is 66.6 cm³/mol. The average Bonchev–Trinajstić information content (AvgIpc) is 2.17. The molecule has 0 aliphatic rings. The van der Waals surface area contributed by atoms with Gasteiger partial charge in [0.1, 0.15) is 4.90 Å². The summed E-state index contributed by atoms with van der Waals surface area (Å²) >= 11 is 3.22. The van der Waals surface area contributed by atoms with E-state index in [1.54, 1.807) is 12.3 Å². The third kappa shape index (κ3) is 2.81. The largest absolute Gasteiger partial charge is 0.262 e. The number of aromatic nitrogens is 1. The summed E-state index contributed by atoms with van der Waals surface area (Å²) < 4.78 is 26.5. The molecule has 6 heteroatoms. The van der Waals surface area contributed by atoms with E-state index in [0.717, 1.165) is 0 Å². The summed E-state index contributed by atoms with van der Waals surface area (Å²) in [6, 6.07) is 1.50. The molecule has 1 aromatic rings. The molecule has 0 N–H and O–H groups in total. The van der Waals surface area contributed by atoms with Gasteiger partial charge in [-0.3, -0.25) is 4.98 Å². The zero-order valence-corrected chi connectivity index (χ0v) is 11.9. The molecular formula is C10H15BrN2O2S. The van der Waals surface area contributed by atoms with Crippen LogP contribution in [0.5, 0.6) is 0 Å². The van der Waals surface area contributed by atoms with Gasteiger partial charge in [0.05, 0.1) is 0 Å². The molecule has 0 spiro atoms. The van der Waals surface area contributed by atoms with Gasteiger partial charge in [0.25, 0.3) is 0 Å². The third-order valence-electron chi connectivity index (χ3n) is 2.17. The van der Waals surface area contributed by atoms with Gasteiger partial charge >= 0.3 is 0 Å². The van der Waals surface area contributed by atoms with E-state index in [0.29, 0.717) is 11.0 Å². The molecule has 0 radical (unpaired) electrons. The third-order valence-corrected chi connectivity index (χ3v) is 4.72. The molecule has 0 aliphatic carbocycles. The number of sulfonamides is 1. The highest BCUT2D eigenvalue weighted by Gasteiger charge is 2.25. The van der Waals surface area contributed by atoms with Crippen LogP contribution >= 0.6 is 15.9 Å². The van der Waals surface area contributed by atoms with Crippen molar-refractivity contribution in [1.29, 1.82) is 0 Å². The highest BCUT2D eigenvalue weighted by Crippen LogP contribution is 2.20. The molecule has 1 aromatic heterocycles. The first kappa shape index (κ1) is 13.6. The van der Waals surface area contributed by atoms with Gasteiger partial charge in [-0.1, -0.05) is 6.92 Å². The molecule has 0 saturated carbocycles. The van der Waals surface area contributed by atoms with Crippen molar-refractivity contribution in [2.75, 3.05) is 6.54 Å². The first-order valence-electron chi connectivity index (χ1n) is 5.02. The van der Waals surface area contributed by atoms with E-state index in [2.05, 4.69) is 20.9 Å². The van der Waals surface area contributed by atoms with Crippen LogP contribution in [0, 0.1) is 0 Å². The van der Waals surface area contributed by atoms with Gasteiger partial charge in [-0.2, -0.15) is 4.31 Å². The quantitative estimate of drug-likeness (QED) is 0.857. The van der Waals surface area contributed by atoms with Crippen LogP contribution in [0.2, 0.25) is 0 Å². The van der Waals surface area contributed by atoms with Crippen LogP contribution in [-0.2, 0) is 10.0 Å². The Morgan fingerprint density at radius 3 is 2.50 bits per heavy atom. The monoisotopic (exact) mass is 306 g/mol. The Morgan fingerprint density at radius 1 is 1.44 bits per heavy atom. The van der Waals surface area contributed by atoms with E-state index in [4.69, 9.17) is 0 Å². The zero-order chi connectivity index (χ0) is 12.3. The van der Waals surface area contributed by atoms with Crippen LogP contribution in [0.3, 0.4) is 0 Å². The van der Waals surface area contributed by atoms with Crippen LogP contribution in [0.15, 0.2) is 27.8 Å². The summed E-state index contributed by atoms with van der Waals surface area (Å²) in [5.74, 6) is 0. The minimum Gasteiger partial charge on any atom is -0.262 e. The Morgan fingerprint density at radius 2 is 2.06 bits per heavy atom. The number of hydrogen-bond donors (Lipinski definition) is 0. The van der Waals surface area contributed by atoms with Gasteiger partial charge in [-0.15, -0.1) is 0 Å². The molecule has 0 saturated heterocycles. The summed E-state index contributed by atoms with van der Waals surface area (Å²) in [6.07, 6.45) is 2.93. The van der Waals surface area contributed by atoms with Crippen LogP contribution in [-0.4, -0.2) is 30.3 Å². The molecule has 0 amide bonds. The second-order valence-corrected chi connectivity index (χ2v) is 6.45. The fraction of sp³-hybridized carbons (Fsp3) is 0.500. The van der Waals surface area contributed by atoms with Crippen molar-refractivity contribution in [2.24, 2.45) is 0 Å². The lowest BCUT2D eigenvalue weighted by molar-refractivity contribution is 0.369. The SMILES string of the molecule is CCN(C(C)C)S(=O)(=O)c1cncc(Br)c1. The molecular weight excluding hydrogens is 292 g/mol. The van der Waals surface area contributed by atoms with Crippen LogP contribution in [0.25, 0.3) is 0 Å². The highest BCUT2D eigenvalue weighted by atomic mass is 79.9. The maximum Gasteiger partial charge on any atom is 0.244 e. The highest BCUT2D eigenvalue weighted by molar-refractivity contribution is 9.10. The zero-order valence-electron chi connectivity index (χ0n) is 9.51. The second-order valence-electron chi connectivity index (χ2n) is 3.64. The molecule has 0 aromatic carbocycles. The van der Waals surface area contributed by atoms with E-state index < -0.39 is 10.0 Å². The summed E-state index contributed by atoms with van der Waals surface area (Å²) in [7, 11) is -3.43. The number of nitrogens with zero attached hydrogens (tertiary/aromatic N) is 2. The molecule has 1 rings (SSSR count). The minimum absolute atomic E-state index is 0.0611. The second kappa shape index (κ2) is 5.25. The smallest absolute Gasteiger partial charge is 0.244 e. The molecule has 0 bridgehead atoms. The fourth-order valence-corrected chi connectivity index (χ4v) is 3.63. The van der Waals surface area contributed by atoms with E-state index in [9.17, 15) is 8.42 Å². The summed E-state index contributed by atoms with van der Waals surface area (Å²) in [4.78, 5) is 4.09. The van der Waals surface area contributed by atoms with Crippen molar-refractivity contribution in [3.05, 3.63) is 22.9 Å². The molecule has 90 valence electrons. The Hall–Kier alpha value is -0.460. The Labute approximate surface area is 105 Å². The lowest BCUT2D eigenvalue weighted by atomic mass is 10.4. The van der Waals surface area contributed by atoms with Gasteiger partial charge in [0.2, 0.25) is 10.0 Å². The van der Waals surface area contributed by atoms with Gasteiger partial charge < -0.3 is 0 Å². The summed E-state index contributed by atoms with van der Waals surface area (Å²) in [5.41, 5.74) is 0. The van der Waals surface area contributed by atoms with Gasteiger partial charge in [-0.05, 0) is 35.8 Å². The van der Waals surface area contributed by atoms with Crippen molar-refractivity contribution >= 4 is 26.0 Å². The topological polar surface area (TPSA) is 50.3 Å².